The Hall–Kier alpha value is -2.37. The van der Waals surface area contributed by atoms with E-state index in [4.69, 9.17) is 4.74 Å². The van der Waals surface area contributed by atoms with Crippen LogP contribution in [0.2, 0.25) is 0 Å². The first-order valence-corrected chi connectivity index (χ1v) is 12.3. The molecule has 4 aliphatic carbocycles. The lowest BCUT2D eigenvalue weighted by atomic mass is 9.49. The van der Waals surface area contributed by atoms with E-state index in [1.54, 1.807) is 4.90 Å². The molecule has 1 N–H and O–H groups in total. The van der Waals surface area contributed by atoms with E-state index in [1.165, 1.54) is 24.8 Å². The summed E-state index contributed by atoms with van der Waals surface area (Å²) in [5.41, 5.74) is 0.909. The monoisotopic (exact) mass is 438 g/mol. The van der Waals surface area contributed by atoms with Gasteiger partial charge in [-0.3, -0.25) is 14.4 Å². The zero-order valence-corrected chi connectivity index (χ0v) is 18.8. The van der Waals surface area contributed by atoms with Crippen molar-refractivity contribution in [3.8, 4) is 0 Å². The van der Waals surface area contributed by atoms with Gasteiger partial charge in [0.1, 0.15) is 6.04 Å². The highest BCUT2D eigenvalue weighted by Crippen LogP contribution is 2.60. The molecule has 1 aromatic carbocycles. The summed E-state index contributed by atoms with van der Waals surface area (Å²) in [6.07, 6.45) is 8.22. The van der Waals surface area contributed by atoms with Crippen molar-refractivity contribution in [3.05, 3.63) is 35.9 Å². The third kappa shape index (κ3) is 4.28. The van der Waals surface area contributed by atoms with E-state index in [0.29, 0.717) is 37.5 Å². The van der Waals surface area contributed by atoms with Crippen LogP contribution in [-0.2, 0) is 25.5 Å². The molecule has 6 heteroatoms. The van der Waals surface area contributed by atoms with Gasteiger partial charge in [-0.25, -0.2) is 0 Å². The number of aryl methyl sites for hydroxylation is 1. The number of amides is 2. The van der Waals surface area contributed by atoms with Crippen LogP contribution >= 0.6 is 0 Å². The highest BCUT2D eigenvalue weighted by Gasteiger charge is 2.56. The molecule has 4 saturated carbocycles. The van der Waals surface area contributed by atoms with E-state index in [9.17, 15) is 14.4 Å². The lowest BCUT2D eigenvalue weighted by Gasteiger charge is -2.57. The van der Waals surface area contributed by atoms with E-state index in [1.807, 2.05) is 18.2 Å². The largest absolute Gasteiger partial charge is 0.466 e. The zero-order valence-electron chi connectivity index (χ0n) is 18.8. The van der Waals surface area contributed by atoms with Crippen LogP contribution in [0.4, 0.5) is 0 Å². The number of piperazine rings is 1. The van der Waals surface area contributed by atoms with E-state index in [0.717, 1.165) is 32.1 Å². The van der Waals surface area contributed by atoms with Crippen LogP contribution in [0.1, 0.15) is 56.9 Å². The molecule has 0 radical (unpaired) electrons. The number of rotatable bonds is 7. The average molecular weight is 439 g/mol. The molecule has 1 unspecified atom stereocenters. The van der Waals surface area contributed by atoms with Crippen molar-refractivity contribution in [3.63, 3.8) is 0 Å². The number of carbonyl (C=O) groups excluding carboxylic acids is 3. The molecule has 1 aliphatic heterocycles. The second-order valence-electron chi connectivity index (χ2n) is 10.5. The Bertz CT molecular complexity index is 833. The fourth-order valence-electron chi connectivity index (χ4n) is 7.16. The summed E-state index contributed by atoms with van der Waals surface area (Å²) in [5.74, 6) is 1.48. The number of nitrogens with one attached hydrogen (secondary N) is 1. The number of hydrogen-bond acceptors (Lipinski definition) is 4. The van der Waals surface area contributed by atoms with Gasteiger partial charge in [0, 0.05) is 13.1 Å². The molecule has 1 saturated heterocycles. The third-order valence-electron chi connectivity index (χ3n) is 8.16. The summed E-state index contributed by atoms with van der Waals surface area (Å²) >= 11 is 0. The predicted octanol–water partition coefficient (Wildman–Crippen LogP) is 3.10. The third-order valence-corrected chi connectivity index (χ3v) is 8.16. The minimum Gasteiger partial charge on any atom is -0.466 e. The van der Waals surface area contributed by atoms with Crippen molar-refractivity contribution in [2.75, 3.05) is 19.7 Å². The number of esters is 1. The Balaban J connectivity index is 1.19. The summed E-state index contributed by atoms with van der Waals surface area (Å²) in [6, 6.07) is 9.35. The molecule has 0 spiro atoms. The van der Waals surface area contributed by atoms with Crippen molar-refractivity contribution in [1.29, 1.82) is 0 Å². The molecular weight excluding hydrogens is 404 g/mol. The number of carbonyl (C=O) groups is 3. The lowest BCUT2D eigenvalue weighted by molar-refractivity contribution is -0.166. The number of benzene rings is 1. The van der Waals surface area contributed by atoms with Crippen LogP contribution < -0.4 is 5.32 Å². The SMILES string of the molecule is O=C(CC1C(=O)NCCN1C(=O)C12CC3CC(CC(C3)C1)C2)OCCCc1ccccc1. The summed E-state index contributed by atoms with van der Waals surface area (Å²) in [5, 5.41) is 2.84. The van der Waals surface area contributed by atoms with Crippen molar-refractivity contribution in [2.24, 2.45) is 23.2 Å². The molecule has 1 heterocycles. The first kappa shape index (κ1) is 21.5. The molecule has 1 aromatic rings. The van der Waals surface area contributed by atoms with Crippen LogP contribution in [0, 0.1) is 23.2 Å². The van der Waals surface area contributed by atoms with Crippen LogP contribution in [0.5, 0.6) is 0 Å². The van der Waals surface area contributed by atoms with Gasteiger partial charge in [0.2, 0.25) is 11.8 Å². The summed E-state index contributed by atoms with van der Waals surface area (Å²) in [7, 11) is 0. The number of nitrogens with zero attached hydrogens (tertiary/aromatic N) is 1. The Labute approximate surface area is 190 Å². The smallest absolute Gasteiger partial charge is 0.308 e. The normalized spacial score (nSPS) is 33.1. The lowest BCUT2D eigenvalue weighted by Crippen LogP contribution is -2.63. The Morgan fingerprint density at radius 3 is 2.34 bits per heavy atom. The topological polar surface area (TPSA) is 75.7 Å². The van der Waals surface area contributed by atoms with E-state index in [-0.39, 0.29) is 23.7 Å². The van der Waals surface area contributed by atoms with Crippen LogP contribution in [0.3, 0.4) is 0 Å². The molecule has 4 bridgehead atoms. The minimum absolute atomic E-state index is 0.0602. The Kier molecular flexibility index (Phi) is 5.95. The molecule has 172 valence electrons. The Morgan fingerprint density at radius 2 is 1.69 bits per heavy atom. The van der Waals surface area contributed by atoms with Gasteiger partial charge >= 0.3 is 5.97 Å². The summed E-state index contributed by atoms with van der Waals surface area (Å²) in [6.45, 7) is 1.27. The molecule has 6 rings (SSSR count). The van der Waals surface area contributed by atoms with Crippen molar-refractivity contribution >= 4 is 17.8 Å². The van der Waals surface area contributed by atoms with E-state index < -0.39 is 12.0 Å². The molecule has 2 amide bonds. The highest BCUT2D eigenvalue weighted by molar-refractivity contribution is 5.93. The molecule has 32 heavy (non-hydrogen) atoms. The van der Waals surface area contributed by atoms with E-state index >= 15 is 0 Å². The van der Waals surface area contributed by atoms with Gasteiger partial charge in [0.15, 0.2) is 0 Å². The number of ether oxygens (including phenoxy) is 1. The van der Waals surface area contributed by atoms with Gasteiger partial charge in [0.25, 0.3) is 0 Å². The first-order valence-electron chi connectivity index (χ1n) is 12.3. The molecule has 6 nitrogen and oxygen atoms in total. The van der Waals surface area contributed by atoms with Gasteiger partial charge in [0.05, 0.1) is 18.4 Å². The van der Waals surface area contributed by atoms with Gasteiger partial charge in [-0.05, 0) is 74.7 Å². The standard InChI is InChI=1S/C26H34N2O4/c29-23(32-10-4-7-18-5-2-1-3-6-18)14-22-24(30)27-8-9-28(22)25(31)26-15-19-11-20(16-26)13-21(12-19)17-26/h1-3,5-6,19-22H,4,7-17H2,(H,27,30). The molecule has 1 atom stereocenters. The minimum atomic E-state index is -0.745. The van der Waals surface area contributed by atoms with Crippen molar-refractivity contribution in [2.45, 2.75) is 63.8 Å². The average Bonchev–Trinajstić information content (AvgIpc) is 2.77. The van der Waals surface area contributed by atoms with Crippen LogP contribution in [0.25, 0.3) is 0 Å². The van der Waals surface area contributed by atoms with Crippen molar-refractivity contribution < 1.29 is 19.1 Å². The second-order valence-corrected chi connectivity index (χ2v) is 10.5. The maximum atomic E-state index is 13.8. The van der Waals surface area contributed by atoms with Gasteiger partial charge in [-0.2, -0.15) is 0 Å². The molecule has 5 fully saturated rings. The molecule has 5 aliphatic rings. The predicted molar refractivity (Wildman–Crippen MR) is 119 cm³/mol. The maximum absolute atomic E-state index is 13.8. The zero-order chi connectivity index (χ0) is 22.1. The molecule has 0 aromatic heterocycles. The van der Waals surface area contributed by atoms with Gasteiger partial charge in [-0.1, -0.05) is 30.3 Å². The van der Waals surface area contributed by atoms with E-state index in [2.05, 4.69) is 17.4 Å². The van der Waals surface area contributed by atoms with Crippen LogP contribution in [0.15, 0.2) is 30.3 Å². The second kappa shape index (κ2) is 8.87. The highest BCUT2D eigenvalue weighted by atomic mass is 16.5. The van der Waals surface area contributed by atoms with Gasteiger partial charge in [-0.15, -0.1) is 0 Å². The Morgan fingerprint density at radius 1 is 1.03 bits per heavy atom. The summed E-state index contributed by atoms with van der Waals surface area (Å²) < 4.78 is 5.44. The maximum Gasteiger partial charge on any atom is 0.308 e. The van der Waals surface area contributed by atoms with Crippen LogP contribution in [-0.4, -0.2) is 48.4 Å². The first-order chi connectivity index (χ1) is 15.5. The quantitative estimate of drug-likeness (QED) is 0.524. The fraction of sp³-hybridized carbons (Fsp3) is 0.654. The summed E-state index contributed by atoms with van der Waals surface area (Å²) in [4.78, 5) is 40.7. The fourth-order valence-corrected chi connectivity index (χ4v) is 7.16. The molecular formula is C26H34N2O4. The number of hydrogen-bond donors (Lipinski definition) is 1. The van der Waals surface area contributed by atoms with Gasteiger partial charge < -0.3 is 15.0 Å². The van der Waals surface area contributed by atoms with Crippen molar-refractivity contribution in [1.82, 2.24) is 10.2 Å².